The van der Waals surface area contributed by atoms with E-state index >= 15 is 0 Å². The molecule has 1 aromatic rings. The molecule has 0 heterocycles. The van der Waals surface area contributed by atoms with E-state index in [0.717, 1.165) is 6.42 Å². The Kier molecular flexibility index (Phi) is 5.46. The molecule has 0 aliphatic rings. The van der Waals surface area contributed by atoms with Gasteiger partial charge in [-0.3, -0.25) is 10.1 Å². The first kappa shape index (κ1) is 16.4. The van der Waals surface area contributed by atoms with Crippen LogP contribution in [0.25, 0.3) is 0 Å². The van der Waals surface area contributed by atoms with Gasteiger partial charge in [0.1, 0.15) is 5.69 Å². The lowest BCUT2D eigenvalue weighted by Crippen LogP contribution is -2.26. The van der Waals surface area contributed by atoms with Crippen molar-refractivity contribution in [1.82, 2.24) is 4.31 Å². The summed E-state index contributed by atoms with van der Waals surface area (Å²) < 4.78 is 25.6. The maximum absolute atomic E-state index is 12.2. The number of sulfonamides is 1. The molecule has 0 aromatic heterocycles. The Hall–Kier alpha value is -1.67. The molecule has 0 fully saturated rings. The number of nitro benzene ring substituents is 1. The van der Waals surface area contributed by atoms with Crippen LogP contribution in [-0.2, 0) is 10.0 Å². The normalized spacial score (nSPS) is 11.6. The molecule has 8 heteroatoms. The first-order chi connectivity index (χ1) is 9.34. The maximum Gasteiger partial charge on any atom is 0.292 e. The predicted octanol–water partition coefficient (Wildman–Crippen LogP) is 2.06. The quantitative estimate of drug-likeness (QED) is 0.614. The van der Waals surface area contributed by atoms with Gasteiger partial charge in [-0.1, -0.05) is 13.8 Å². The Morgan fingerprint density at radius 3 is 2.50 bits per heavy atom. The molecule has 7 nitrogen and oxygen atoms in total. The van der Waals surface area contributed by atoms with Crippen LogP contribution >= 0.6 is 0 Å². The van der Waals surface area contributed by atoms with Crippen LogP contribution < -0.4 is 5.32 Å². The highest BCUT2D eigenvalue weighted by atomic mass is 32.2. The fourth-order valence-corrected chi connectivity index (χ4v) is 2.79. The van der Waals surface area contributed by atoms with Crippen molar-refractivity contribution < 1.29 is 13.3 Å². The Balaban J connectivity index is 3.28. The van der Waals surface area contributed by atoms with E-state index in [2.05, 4.69) is 5.32 Å². The summed E-state index contributed by atoms with van der Waals surface area (Å²) in [6.45, 7) is 4.51. The minimum Gasteiger partial charge on any atom is -0.379 e. The molecule has 0 saturated carbocycles. The van der Waals surface area contributed by atoms with E-state index in [4.69, 9.17) is 0 Å². The average Bonchev–Trinajstić information content (AvgIpc) is 2.43. The lowest BCUT2D eigenvalue weighted by molar-refractivity contribution is -0.384. The van der Waals surface area contributed by atoms with Crippen LogP contribution in [0.15, 0.2) is 23.1 Å². The Bertz CT molecular complexity index is 586. The summed E-state index contributed by atoms with van der Waals surface area (Å²) in [6, 6.07) is 3.79. The first-order valence-electron chi connectivity index (χ1n) is 6.33. The number of hydrogen-bond acceptors (Lipinski definition) is 5. The van der Waals surface area contributed by atoms with Gasteiger partial charge in [0, 0.05) is 26.2 Å². The highest BCUT2D eigenvalue weighted by molar-refractivity contribution is 7.89. The van der Waals surface area contributed by atoms with Crippen molar-refractivity contribution >= 4 is 21.4 Å². The van der Waals surface area contributed by atoms with Gasteiger partial charge in [0.15, 0.2) is 0 Å². The molecule has 0 aliphatic heterocycles. The van der Waals surface area contributed by atoms with Gasteiger partial charge in [0.25, 0.3) is 5.69 Å². The van der Waals surface area contributed by atoms with Crippen molar-refractivity contribution in [2.75, 3.05) is 25.5 Å². The standard InChI is InChI=1S/C12H19N3O4S/c1-4-8-13-11-9-10(6-7-12(11)15(16)17)20(18,19)14(3)5-2/h6-7,9,13H,4-5,8H2,1-3H3. The molecule has 0 aliphatic carbocycles. The van der Waals surface area contributed by atoms with Crippen molar-refractivity contribution in [3.63, 3.8) is 0 Å². The summed E-state index contributed by atoms with van der Waals surface area (Å²) in [5.41, 5.74) is 0.0963. The largest absolute Gasteiger partial charge is 0.379 e. The van der Waals surface area contributed by atoms with Crippen LogP contribution in [0, 0.1) is 10.1 Å². The van der Waals surface area contributed by atoms with Crippen LogP contribution in [0.1, 0.15) is 20.3 Å². The number of hydrogen-bond donors (Lipinski definition) is 1. The predicted molar refractivity (Wildman–Crippen MR) is 77.4 cm³/mol. The van der Waals surface area contributed by atoms with Crippen LogP contribution in [0.5, 0.6) is 0 Å². The fraction of sp³-hybridized carbons (Fsp3) is 0.500. The monoisotopic (exact) mass is 301 g/mol. The Morgan fingerprint density at radius 1 is 1.35 bits per heavy atom. The van der Waals surface area contributed by atoms with Crippen LogP contribution in [0.3, 0.4) is 0 Å². The highest BCUT2D eigenvalue weighted by Gasteiger charge is 2.23. The van der Waals surface area contributed by atoms with Crippen LogP contribution in [0.4, 0.5) is 11.4 Å². The van der Waals surface area contributed by atoms with Crippen molar-refractivity contribution in [2.45, 2.75) is 25.2 Å². The number of nitrogens with zero attached hydrogens (tertiary/aromatic N) is 2. The van der Waals surface area contributed by atoms with E-state index in [0.29, 0.717) is 13.1 Å². The van der Waals surface area contributed by atoms with E-state index < -0.39 is 14.9 Å². The summed E-state index contributed by atoms with van der Waals surface area (Å²) in [7, 11) is -2.14. The number of nitrogens with one attached hydrogen (secondary N) is 1. The van der Waals surface area contributed by atoms with Gasteiger partial charge in [0.2, 0.25) is 10.0 Å². The molecule has 0 atom stereocenters. The molecule has 1 rings (SSSR count). The SMILES string of the molecule is CCCNc1cc(S(=O)(=O)N(C)CC)ccc1[N+](=O)[O-]. The molecule has 0 spiro atoms. The van der Waals surface area contributed by atoms with Gasteiger partial charge in [-0.15, -0.1) is 0 Å². The van der Waals surface area contributed by atoms with Gasteiger partial charge in [-0.25, -0.2) is 12.7 Å². The summed E-state index contributed by atoms with van der Waals surface area (Å²) in [4.78, 5) is 10.5. The van der Waals surface area contributed by atoms with Gasteiger partial charge < -0.3 is 5.32 Å². The molecular weight excluding hydrogens is 282 g/mol. The average molecular weight is 301 g/mol. The Morgan fingerprint density at radius 2 is 2.00 bits per heavy atom. The topological polar surface area (TPSA) is 92.6 Å². The van der Waals surface area contributed by atoms with Crippen LogP contribution in [0.2, 0.25) is 0 Å². The molecule has 0 amide bonds. The number of benzene rings is 1. The summed E-state index contributed by atoms with van der Waals surface area (Å²) in [5, 5.41) is 13.8. The fourth-order valence-electron chi connectivity index (χ4n) is 1.59. The molecule has 0 saturated heterocycles. The first-order valence-corrected chi connectivity index (χ1v) is 7.77. The molecule has 0 unspecified atom stereocenters. The third-order valence-electron chi connectivity index (χ3n) is 2.88. The minimum absolute atomic E-state index is 0.0473. The smallest absolute Gasteiger partial charge is 0.292 e. The molecule has 112 valence electrons. The van der Waals surface area contributed by atoms with Crippen LogP contribution in [-0.4, -0.2) is 37.8 Å². The number of rotatable bonds is 7. The second-order valence-electron chi connectivity index (χ2n) is 4.28. The van der Waals surface area contributed by atoms with E-state index in [-0.39, 0.29) is 16.3 Å². The van der Waals surface area contributed by atoms with Crippen molar-refractivity contribution in [1.29, 1.82) is 0 Å². The van der Waals surface area contributed by atoms with Crippen molar-refractivity contribution in [3.05, 3.63) is 28.3 Å². The molecular formula is C12H19N3O4S. The molecule has 1 N–H and O–H groups in total. The third kappa shape index (κ3) is 3.45. The maximum atomic E-state index is 12.2. The zero-order chi connectivity index (χ0) is 15.3. The van der Waals surface area contributed by atoms with Gasteiger partial charge >= 0.3 is 0 Å². The van der Waals surface area contributed by atoms with Gasteiger partial charge in [-0.2, -0.15) is 0 Å². The number of anilines is 1. The summed E-state index contributed by atoms with van der Waals surface area (Å²) in [6.07, 6.45) is 0.781. The molecule has 0 bridgehead atoms. The van der Waals surface area contributed by atoms with E-state index in [1.54, 1.807) is 6.92 Å². The number of nitro groups is 1. The van der Waals surface area contributed by atoms with E-state index in [1.165, 1.54) is 29.6 Å². The van der Waals surface area contributed by atoms with E-state index in [1.807, 2.05) is 6.92 Å². The molecule has 0 radical (unpaired) electrons. The summed E-state index contributed by atoms with van der Waals surface area (Å²) in [5.74, 6) is 0. The molecule has 20 heavy (non-hydrogen) atoms. The summed E-state index contributed by atoms with van der Waals surface area (Å²) >= 11 is 0. The second-order valence-corrected chi connectivity index (χ2v) is 6.33. The van der Waals surface area contributed by atoms with Crippen molar-refractivity contribution in [3.8, 4) is 0 Å². The third-order valence-corrected chi connectivity index (χ3v) is 4.81. The lowest BCUT2D eigenvalue weighted by Gasteiger charge is -2.15. The van der Waals surface area contributed by atoms with Gasteiger partial charge in [-0.05, 0) is 18.6 Å². The van der Waals surface area contributed by atoms with Gasteiger partial charge in [0.05, 0.1) is 9.82 Å². The zero-order valence-electron chi connectivity index (χ0n) is 11.8. The highest BCUT2D eigenvalue weighted by Crippen LogP contribution is 2.28. The minimum atomic E-state index is -3.61. The Labute approximate surface area is 118 Å². The van der Waals surface area contributed by atoms with E-state index in [9.17, 15) is 18.5 Å². The zero-order valence-corrected chi connectivity index (χ0v) is 12.6. The second kappa shape index (κ2) is 6.67. The van der Waals surface area contributed by atoms with Crippen molar-refractivity contribution in [2.24, 2.45) is 0 Å². The molecule has 1 aromatic carbocycles. The lowest BCUT2D eigenvalue weighted by atomic mass is 10.2.